The zero-order valence-electron chi connectivity index (χ0n) is 10.9. The third-order valence-corrected chi connectivity index (χ3v) is 3.69. The molecule has 108 valence electrons. The summed E-state index contributed by atoms with van der Waals surface area (Å²) in [6.45, 7) is -0.363. The van der Waals surface area contributed by atoms with Gasteiger partial charge in [0, 0.05) is 6.20 Å². The van der Waals surface area contributed by atoms with Crippen molar-refractivity contribution in [1.82, 2.24) is 9.55 Å². The number of aryl methyl sites for hydroxylation is 1. The quantitative estimate of drug-likeness (QED) is 0.475. The minimum Gasteiger partial charge on any atom is -0.394 e. The molecule has 0 aromatic carbocycles. The minimum atomic E-state index is -1.14. The van der Waals surface area contributed by atoms with Crippen LogP contribution in [0.2, 0.25) is 0 Å². The van der Waals surface area contributed by atoms with Crippen molar-refractivity contribution in [2.45, 2.75) is 24.5 Å². The Kier molecular flexibility index (Phi) is 3.09. The maximum Gasteiger partial charge on any atom is 0.231 e. The smallest absolute Gasteiger partial charge is 0.231 e. The van der Waals surface area contributed by atoms with Crippen molar-refractivity contribution >= 4 is 16.9 Å². The van der Waals surface area contributed by atoms with Crippen molar-refractivity contribution in [2.75, 3.05) is 12.3 Å². The van der Waals surface area contributed by atoms with Gasteiger partial charge in [0.1, 0.15) is 23.7 Å². The second-order valence-corrected chi connectivity index (χ2v) is 4.93. The molecule has 1 fully saturated rings. The first-order valence-electron chi connectivity index (χ1n) is 6.27. The summed E-state index contributed by atoms with van der Waals surface area (Å²) in [6, 6.07) is 1.77. The molecule has 8 heteroatoms. The first-order valence-corrected chi connectivity index (χ1v) is 6.27. The number of nitrogens with zero attached hydrogens (tertiary/aromatic N) is 3. The highest BCUT2D eigenvalue weighted by molar-refractivity contribution is 5.84. The van der Waals surface area contributed by atoms with Gasteiger partial charge in [-0.15, -0.1) is 0 Å². The van der Waals surface area contributed by atoms with E-state index < -0.39 is 24.5 Å². The number of aliphatic hydroxyl groups is 3. The van der Waals surface area contributed by atoms with E-state index in [9.17, 15) is 10.2 Å². The Labute approximate surface area is 114 Å². The predicted octanol–water partition coefficient (Wildman–Crippen LogP) is -1.95. The Bertz CT molecular complexity index is 644. The van der Waals surface area contributed by atoms with Crippen LogP contribution >= 0.6 is 0 Å². The van der Waals surface area contributed by atoms with Crippen LogP contribution in [-0.4, -0.2) is 49.8 Å². The summed E-state index contributed by atoms with van der Waals surface area (Å²) < 4.78 is 8.77. The summed E-state index contributed by atoms with van der Waals surface area (Å²) >= 11 is 0. The Hall–Kier alpha value is -1.74. The number of nitrogens with two attached hydrogens (primary N) is 1. The van der Waals surface area contributed by atoms with E-state index in [0.717, 1.165) is 5.39 Å². The van der Waals surface area contributed by atoms with Gasteiger partial charge in [-0.05, 0) is 6.07 Å². The Morgan fingerprint density at radius 1 is 1.45 bits per heavy atom. The molecular formula is C12H17N4O4+. The highest BCUT2D eigenvalue weighted by Crippen LogP contribution is 2.32. The third-order valence-electron chi connectivity index (χ3n) is 3.69. The lowest BCUT2D eigenvalue weighted by atomic mass is 10.1. The number of hydrogen-bond donors (Lipinski definition) is 4. The number of ether oxygens (including phenoxy) is 1. The van der Waals surface area contributed by atoms with Gasteiger partial charge in [0.05, 0.1) is 13.7 Å². The second-order valence-electron chi connectivity index (χ2n) is 4.93. The predicted molar refractivity (Wildman–Crippen MR) is 68.3 cm³/mol. The van der Waals surface area contributed by atoms with Gasteiger partial charge in [-0.1, -0.05) is 4.98 Å². The van der Waals surface area contributed by atoms with Gasteiger partial charge in [-0.2, -0.15) is 0 Å². The topological polar surface area (TPSA) is 118 Å². The summed E-state index contributed by atoms with van der Waals surface area (Å²) in [7, 11) is 1.78. The molecule has 20 heavy (non-hydrogen) atoms. The molecule has 0 radical (unpaired) electrons. The molecule has 0 amide bonds. The molecule has 2 aromatic rings. The molecule has 1 aliphatic rings. The molecule has 8 nitrogen and oxygen atoms in total. The monoisotopic (exact) mass is 281 g/mol. The zero-order valence-corrected chi connectivity index (χ0v) is 10.9. The van der Waals surface area contributed by atoms with Gasteiger partial charge in [-0.25, -0.2) is 4.57 Å². The van der Waals surface area contributed by atoms with E-state index >= 15 is 0 Å². The molecule has 0 saturated carbocycles. The van der Waals surface area contributed by atoms with Crippen LogP contribution in [0.25, 0.3) is 11.0 Å². The maximum atomic E-state index is 10.0. The average Bonchev–Trinajstić information content (AvgIpc) is 2.98. The highest BCUT2D eigenvalue weighted by Gasteiger charge is 2.44. The molecule has 0 unspecified atom stereocenters. The molecular weight excluding hydrogens is 264 g/mol. The van der Waals surface area contributed by atoms with Gasteiger partial charge in [-0.3, -0.25) is 4.57 Å². The van der Waals surface area contributed by atoms with Gasteiger partial charge in [0.15, 0.2) is 6.23 Å². The molecule has 5 N–H and O–H groups in total. The molecule has 0 bridgehead atoms. The van der Waals surface area contributed by atoms with Crippen LogP contribution in [-0.2, 0) is 11.8 Å². The lowest BCUT2D eigenvalue weighted by molar-refractivity contribution is -0.658. The molecule has 1 saturated heterocycles. The Morgan fingerprint density at radius 3 is 2.85 bits per heavy atom. The van der Waals surface area contributed by atoms with Crippen molar-refractivity contribution in [3.8, 4) is 0 Å². The average molecular weight is 281 g/mol. The normalized spacial score (nSPS) is 30.2. The van der Waals surface area contributed by atoms with E-state index in [0.29, 0.717) is 11.5 Å². The van der Waals surface area contributed by atoms with E-state index in [1.807, 2.05) is 0 Å². The van der Waals surface area contributed by atoms with Gasteiger partial charge in [0.2, 0.25) is 17.8 Å². The molecule has 4 atom stereocenters. The van der Waals surface area contributed by atoms with Crippen LogP contribution in [0.4, 0.5) is 5.82 Å². The Balaban J connectivity index is 2.05. The third kappa shape index (κ3) is 1.77. The van der Waals surface area contributed by atoms with Gasteiger partial charge >= 0.3 is 0 Å². The summed E-state index contributed by atoms with van der Waals surface area (Å²) in [5, 5.41) is 29.7. The standard InChI is InChI=1S/C12H16N4O4/c1-15-5-14-11-6(10(15)13)2-3-16(11)12-9(19)8(18)7(4-17)20-12/h2-3,5,7-9,12-13,17-19H,4H2,1H3/p+1/t7-,8+,9-,12+/m0/s1. The van der Waals surface area contributed by atoms with Crippen LogP contribution in [0.5, 0.6) is 0 Å². The summed E-state index contributed by atoms with van der Waals surface area (Å²) in [6.07, 6.45) is -0.646. The lowest BCUT2D eigenvalue weighted by Gasteiger charge is -2.16. The molecule has 1 aliphatic heterocycles. The van der Waals surface area contributed by atoms with E-state index in [2.05, 4.69) is 4.98 Å². The molecule has 3 rings (SSSR count). The van der Waals surface area contributed by atoms with E-state index in [4.69, 9.17) is 15.6 Å². The molecule has 3 heterocycles. The number of rotatable bonds is 2. The molecule has 2 aromatic heterocycles. The van der Waals surface area contributed by atoms with Crippen molar-refractivity contribution in [1.29, 1.82) is 0 Å². The molecule has 0 spiro atoms. The van der Waals surface area contributed by atoms with Crippen molar-refractivity contribution in [3.63, 3.8) is 0 Å². The fourth-order valence-electron chi connectivity index (χ4n) is 2.48. The number of hydrogen-bond acceptors (Lipinski definition) is 6. The van der Waals surface area contributed by atoms with Crippen molar-refractivity contribution in [3.05, 3.63) is 18.6 Å². The highest BCUT2D eigenvalue weighted by atomic mass is 16.6. The van der Waals surface area contributed by atoms with E-state index in [1.54, 1.807) is 34.8 Å². The SMILES string of the molecule is C[n+]1cnc2c(ccn2[C@@H]2O[C@@H](CO)[C@@H](O)[C@@H]2O)c1N. The lowest BCUT2D eigenvalue weighted by Crippen LogP contribution is -2.33. The van der Waals surface area contributed by atoms with Crippen LogP contribution in [0.15, 0.2) is 18.6 Å². The van der Waals surface area contributed by atoms with Crippen LogP contribution in [0.1, 0.15) is 6.23 Å². The number of fused-ring (bicyclic) bond motifs is 1. The number of nitrogen functional groups attached to an aromatic ring is 1. The summed E-state index contributed by atoms with van der Waals surface area (Å²) in [5.41, 5.74) is 6.51. The van der Waals surface area contributed by atoms with E-state index in [1.165, 1.54) is 0 Å². The maximum absolute atomic E-state index is 10.0. The summed E-state index contributed by atoms with van der Waals surface area (Å²) in [5.74, 6) is 0.542. The number of aromatic nitrogens is 3. The largest absolute Gasteiger partial charge is 0.394 e. The summed E-state index contributed by atoms with van der Waals surface area (Å²) in [4.78, 5) is 4.27. The van der Waals surface area contributed by atoms with Crippen LogP contribution < -0.4 is 10.3 Å². The first kappa shape index (κ1) is 13.3. The number of anilines is 1. The van der Waals surface area contributed by atoms with Crippen molar-refractivity contribution < 1.29 is 24.6 Å². The van der Waals surface area contributed by atoms with Gasteiger partial charge in [0.25, 0.3) is 0 Å². The van der Waals surface area contributed by atoms with Crippen LogP contribution in [0.3, 0.4) is 0 Å². The number of aliphatic hydroxyl groups excluding tert-OH is 3. The van der Waals surface area contributed by atoms with Crippen molar-refractivity contribution in [2.24, 2.45) is 7.05 Å². The van der Waals surface area contributed by atoms with E-state index in [-0.39, 0.29) is 6.61 Å². The zero-order chi connectivity index (χ0) is 14.4. The Morgan fingerprint density at radius 2 is 2.20 bits per heavy atom. The fourth-order valence-corrected chi connectivity index (χ4v) is 2.48. The van der Waals surface area contributed by atoms with Crippen LogP contribution in [0, 0.1) is 0 Å². The first-order chi connectivity index (χ1) is 9.54. The van der Waals surface area contributed by atoms with Gasteiger partial charge < -0.3 is 25.8 Å². The molecule has 0 aliphatic carbocycles. The second kappa shape index (κ2) is 4.67. The minimum absolute atomic E-state index is 0.363. The fraction of sp³-hybridized carbons (Fsp3) is 0.500.